The maximum Gasteiger partial charge on any atom is 0.237 e. The molecule has 1 atom stereocenters. The Balaban J connectivity index is 0.00000242. The van der Waals surface area contributed by atoms with Crippen LogP contribution in [0.5, 0.6) is 0 Å². The zero-order valence-corrected chi connectivity index (χ0v) is 15.4. The Bertz CT molecular complexity index is 502. The number of carbonyl (C=O) groups excluding carboxylic acids is 1. The van der Waals surface area contributed by atoms with E-state index in [0.717, 1.165) is 12.1 Å². The predicted molar refractivity (Wildman–Crippen MR) is 96.0 cm³/mol. The van der Waals surface area contributed by atoms with Crippen molar-refractivity contribution in [3.63, 3.8) is 0 Å². The molecule has 1 aliphatic heterocycles. The first-order valence-corrected chi connectivity index (χ1v) is 7.45. The van der Waals surface area contributed by atoms with Crippen LogP contribution in [0.1, 0.15) is 25.5 Å². The van der Waals surface area contributed by atoms with E-state index in [-0.39, 0.29) is 42.6 Å². The first kappa shape index (κ1) is 22.1. The molecule has 2 rings (SSSR count). The standard InChI is InChI=1S/C16H24FN3O.2ClH/c1-12(2)19(3)11-16(21)20-8-7-18-10-15(20)13-5-4-6-14(17)9-13;;/h4-6,9,12,15,18H,7-8,10-11H2,1-3H3;2*1H. The summed E-state index contributed by atoms with van der Waals surface area (Å²) in [5.41, 5.74) is 0.850. The number of nitrogens with zero attached hydrogens (tertiary/aromatic N) is 2. The fraction of sp³-hybridized carbons (Fsp3) is 0.562. The van der Waals surface area contributed by atoms with Gasteiger partial charge in [-0.25, -0.2) is 4.39 Å². The van der Waals surface area contributed by atoms with Gasteiger partial charge in [-0.1, -0.05) is 12.1 Å². The van der Waals surface area contributed by atoms with E-state index >= 15 is 0 Å². The highest BCUT2D eigenvalue weighted by atomic mass is 35.5. The highest BCUT2D eigenvalue weighted by Crippen LogP contribution is 2.23. The molecular formula is C16H26Cl2FN3O. The van der Waals surface area contributed by atoms with Gasteiger partial charge in [0.15, 0.2) is 0 Å². The Morgan fingerprint density at radius 3 is 2.74 bits per heavy atom. The predicted octanol–water partition coefficient (Wildman–Crippen LogP) is 2.48. The third-order valence-electron chi connectivity index (χ3n) is 4.06. The van der Waals surface area contributed by atoms with Crippen LogP contribution in [0.3, 0.4) is 0 Å². The summed E-state index contributed by atoms with van der Waals surface area (Å²) in [4.78, 5) is 16.4. The van der Waals surface area contributed by atoms with Crippen molar-refractivity contribution in [1.82, 2.24) is 15.1 Å². The highest BCUT2D eigenvalue weighted by Gasteiger charge is 2.28. The average molecular weight is 366 g/mol. The smallest absolute Gasteiger partial charge is 0.237 e. The molecule has 1 aromatic carbocycles. The molecule has 1 aliphatic rings. The SMILES string of the molecule is CC(C)N(C)CC(=O)N1CCNCC1c1cccc(F)c1.Cl.Cl. The Morgan fingerprint density at radius 1 is 1.43 bits per heavy atom. The van der Waals surface area contributed by atoms with Crippen LogP contribution >= 0.6 is 24.8 Å². The minimum absolute atomic E-state index is 0. The van der Waals surface area contributed by atoms with Crippen molar-refractivity contribution in [3.05, 3.63) is 35.6 Å². The molecule has 0 bridgehead atoms. The van der Waals surface area contributed by atoms with E-state index in [9.17, 15) is 9.18 Å². The monoisotopic (exact) mass is 365 g/mol. The van der Waals surface area contributed by atoms with Crippen molar-refractivity contribution in [2.45, 2.75) is 25.9 Å². The largest absolute Gasteiger partial charge is 0.332 e. The molecule has 0 saturated carbocycles. The van der Waals surface area contributed by atoms with Crippen LogP contribution < -0.4 is 5.32 Å². The van der Waals surface area contributed by atoms with Crippen LogP contribution in [-0.4, -0.2) is 55.0 Å². The van der Waals surface area contributed by atoms with Gasteiger partial charge in [-0.2, -0.15) is 0 Å². The number of carbonyl (C=O) groups is 1. The molecule has 7 heteroatoms. The summed E-state index contributed by atoms with van der Waals surface area (Å²) in [5.74, 6) is -0.160. The normalized spacial score (nSPS) is 17.7. The van der Waals surface area contributed by atoms with Gasteiger partial charge in [0.25, 0.3) is 0 Å². The minimum atomic E-state index is -0.259. The van der Waals surface area contributed by atoms with Crippen LogP contribution in [0.25, 0.3) is 0 Å². The van der Waals surface area contributed by atoms with Gasteiger partial charge < -0.3 is 10.2 Å². The molecule has 132 valence electrons. The van der Waals surface area contributed by atoms with Crippen molar-refractivity contribution in [2.75, 3.05) is 33.2 Å². The number of nitrogens with one attached hydrogen (secondary N) is 1. The number of benzene rings is 1. The molecule has 1 heterocycles. The first-order chi connectivity index (χ1) is 9.99. The summed E-state index contributed by atoms with van der Waals surface area (Å²) in [7, 11) is 1.95. The van der Waals surface area contributed by atoms with Gasteiger partial charge in [0.05, 0.1) is 12.6 Å². The molecule has 1 aromatic rings. The van der Waals surface area contributed by atoms with Crippen molar-refractivity contribution in [1.29, 1.82) is 0 Å². The number of likely N-dealkylation sites (N-methyl/N-ethyl adjacent to an activating group) is 1. The Hall–Kier alpha value is -0.880. The number of halogens is 3. The fourth-order valence-corrected chi connectivity index (χ4v) is 2.50. The third-order valence-corrected chi connectivity index (χ3v) is 4.06. The number of piperazine rings is 1. The molecule has 0 spiro atoms. The molecule has 23 heavy (non-hydrogen) atoms. The second-order valence-corrected chi connectivity index (χ2v) is 5.87. The van der Waals surface area contributed by atoms with Crippen LogP contribution in [0.4, 0.5) is 4.39 Å². The maximum atomic E-state index is 13.4. The first-order valence-electron chi connectivity index (χ1n) is 7.45. The molecular weight excluding hydrogens is 340 g/mol. The Kier molecular flexibility index (Phi) is 9.70. The molecule has 0 radical (unpaired) electrons. The number of hydrogen-bond donors (Lipinski definition) is 1. The van der Waals surface area contributed by atoms with Gasteiger partial charge in [-0.05, 0) is 38.6 Å². The van der Waals surface area contributed by atoms with Crippen molar-refractivity contribution >= 4 is 30.7 Å². The molecule has 0 aliphatic carbocycles. The molecule has 1 unspecified atom stereocenters. The van der Waals surface area contributed by atoms with Gasteiger partial charge in [0.1, 0.15) is 5.82 Å². The van der Waals surface area contributed by atoms with E-state index in [4.69, 9.17) is 0 Å². The van der Waals surface area contributed by atoms with Crippen molar-refractivity contribution in [2.24, 2.45) is 0 Å². The minimum Gasteiger partial charge on any atom is -0.332 e. The van der Waals surface area contributed by atoms with E-state index in [1.54, 1.807) is 6.07 Å². The maximum absolute atomic E-state index is 13.4. The van der Waals surface area contributed by atoms with Gasteiger partial charge in [-0.15, -0.1) is 24.8 Å². The molecule has 1 saturated heterocycles. The van der Waals surface area contributed by atoms with E-state index in [0.29, 0.717) is 25.7 Å². The zero-order chi connectivity index (χ0) is 15.4. The second kappa shape index (κ2) is 10.1. The summed E-state index contributed by atoms with van der Waals surface area (Å²) in [6.45, 7) is 6.63. The third kappa shape index (κ3) is 5.92. The second-order valence-electron chi connectivity index (χ2n) is 5.87. The van der Waals surface area contributed by atoms with Crippen LogP contribution in [-0.2, 0) is 4.79 Å². The average Bonchev–Trinajstić information content (AvgIpc) is 2.47. The lowest BCUT2D eigenvalue weighted by molar-refractivity contribution is -0.135. The summed E-state index contributed by atoms with van der Waals surface area (Å²) in [5, 5.41) is 3.28. The van der Waals surface area contributed by atoms with E-state index in [2.05, 4.69) is 19.2 Å². The lowest BCUT2D eigenvalue weighted by atomic mass is 10.0. The van der Waals surface area contributed by atoms with Crippen LogP contribution in [0.15, 0.2) is 24.3 Å². The lowest BCUT2D eigenvalue weighted by Crippen LogP contribution is -2.51. The highest BCUT2D eigenvalue weighted by molar-refractivity contribution is 5.85. The van der Waals surface area contributed by atoms with Crippen LogP contribution in [0.2, 0.25) is 0 Å². The van der Waals surface area contributed by atoms with Gasteiger partial charge in [0, 0.05) is 25.7 Å². The lowest BCUT2D eigenvalue weighted by Gasteiger charge is -2.37. The summed E-state index contributed by atoms with van der Waals surface area (Å²) in [6.07, 6.45) is 0. The summed E-state index contributed by atoms with van der Waals surface area (Å²) in [6, 6.07) is 6.75. The van der Waals surface area contributed by atoms with Crippen molar-refractivity contribution < 1.29 is 9.18 Å². The van der Waals surface area contributed by atoms with Gasteiger partial charge in [0.2, 0.25) is 5.91 Å². The van der Waals surface area contributed by atoms with E-state index in [1.807, 2.05) is 22.9 Å². The molecule has 1 amide bonds. The zero-order valence-electron chi connectivity index (χ0n) is 13.8. The Labute approximate surface area is 150 Å². The van der Waals surface area contributed by atoms with Crippen LogP contribution in [0, 0.1) is 5.82 Å². The topological polar surface area (TPSA) is 35.6 Å². The van der Waals surface area contributed by atoms with Gasteiger partial charge in [-0.3, -0.25) is 9.69 Å². The molecule has 4 nitrogen and oxygen atoms in total. The number of hydrogen-bond acceptors (Lipinski definition) is 3. The van der Waals surface area contributed by atoms with Crippen molar-refractivity contribution in [3.8, 4) is 0 Å². The van der Waals surface area contributed by atoms with E-state index in [1.165, 1.54) is 12.1 Å². The number of rotatable bonds is 4. The van der Waals surface area contributed by atoms with Gasteiger partial charge >= 0.3 is 0 Å². The fourth-order valence-electron chi connectivity index (χ4n) is 2.50. The quantitative estimate of drug-likeness (QED) is 0.890. The Morgan fingerprint density at radius 2 is 2.13 bits per heavy atom. The van der Waals surface area contributed by atoms with E-state index < -0.39 is 0 Å². The molecule has 1 N–H and O–H groups in total. The summed E-state index contributed by atoms with van der Waals surface area (Å²) < 4.78 is 13.4. The summed E-state index contributed by atoms with van der Waals surface area (Å²) >= 11 is 0. The number of amides is 1. The molecule has 0 aromatic heterocycles. The molecule has 1 fully saturated rings.